The predicted octanol–water partition coefficient (Wildman–Crippen LogP) is 3.09. The zero-order valence-corrected chi connectivity index (χ0v) is 19.4. The van der Waals surface area contributed by atoms with Crippen LogP contribution in [0.15, 0.2) is 29.1 Å². The number of carbonyl (C=O) groups is 1. The quantitative estimate of drug-likeness (QED) is 0.433. The summed E-state index contributed by atoms with van der Waals surface area (Å²) in [5.74, 6) is 0.693. The first kappa shape index (κ1) is 23.6. The number of para-hydroxylation sites is 1. The molecule has 0 spiro atoms. The van der Waals surface area contributed by atoms with Gasteiger partial charge in [-0.15, -0.1) is 0 Å². The number of unbranched alkanes of at least 4 members (excludes halogenated alkanes) is 2. The van der Waals surface area contributed by atoms with Gasteiger partial charge in [0.1, 0.15) is 0 Å². The summed E-state index contributed by atoms with van der Waals surface area (Å²) in [5, 5.41) is 3.65. The minimum absolute atomic E-state index is 0.0592. The van der Waals surface area contributed by atoms with E-state index in [9.17, 15) is 9.59 Å². The van der Waals surface area contributed by atoms with Crippen LogP contribution in [0.1, 0.15) is 39.5 Å². The fraction of sp³-hybridized carbons (Fsp3) is 0.609. The lowest BCUT2D eigenvalue weighted by atomic mass is 10.1. The van der Waals surface area contributed by atoms with Crippen molar-refractivity contribution >= 4 is 29.0 Å². The Balaban J connectivity index is 1.36. The molecule has 1 aliphatic rings. The summed E-state index contributed by atoms with van der Waals surface area (Å²) in [6, 6.07) is 7.39. The third-order valence-electron chi connectivity index (χ3n) is 5.55. The maximum absolute atomic E-state index is 12.6. The second kappa shape index (κ2) is 11.5. The van der Waals surface area contributed by atoms with Crippen molar-refractivity contribution in [3.63, 3.8) is 0 Å². The number of aromatic nitrogens is 2. The molecule has 1 aliphatic heterocycles. The van der Waals surface area contributed by atoms with Crippen molar-refractivity contribution in [3.05, 3.63) is 39.4 Å². The molecule has 3 rings (SSSR count). The molecule has 0 radical (unpaired) electrons. The summed E-state index contributed by atoms with van der Waals surface area (Å²) in [6.07, 6.45) is 3.01. The third-order valence-corrected chi connectivity index (χ3v) is 5.87. The largest absolute Gasteiger partial charge is 0.374 e. The molecular weight excluding hydrogens is 412 g/mol. The number of ether oxygens (including phenoxy) is 1. The minimum atomic E-state index is -0.0592. The first-order valence-corrected chi connectivity index (χ1v) is 11.7. The molecular formula is C23H34N4O3S. The Labute approximate surface area is 188 Å². The van der Waals surface area contributed by atoms with E-state index < -0.39 is 0 Å². The molecule has 31 heavy (non-hydrogen) atoms. The Hall–Kier alpha value is -2.03. The lowest BCUT2D eigenvalue weighted by molar-refractivity contribution is -0.122. The molecule has 1 aromatic carbocycles. The van der Waals surface area contributed by atoms with Gasteiger partial charge in [0.2, 0.25) is 5.91 Å². The van der Waals surface area contributed by atoms with Crippen LogP contribution in [0.5, 0.6) is 0 Å². The number of hydrogen-bond donors (Lipinski definition) is 2. The lowest BCUT2D eigenvalue weighted by Crippen LogP contribution is -2.48. The molecule has 1 unspecified atom stereocenters. The van der Waals surface area contributed by atoms with E-state index in [0.29, 0.717) is 35.6 Å². The van der Waals surface area contributed by atoms with Gasteiger partial charge in [0.25, 0.3) is 5.56 Å². The summed E-state index contributed by atoms with van der Waals surface area (Å²) in [4.78, 5) is 30.3. The molecule has 170 valence electrons. The molecule has 2 aromatic rings. The van der Waals surface area contributed by atoms with Crippen LogP contribution in [0.3, 0.4) is 0 Å². The van der Waals surface area contributed by atoms with Gasteiger partial charge in [-0.25, -0.2) is 0 Å². The topological polar surface area (TPSA) is 79.4 Å². The van der Waals surface area contributed by atoms with Gasteiger partial charge in [0.05, 0.1) is 23.6 Å². The van der Waals surface area contributed by atoms with Crippen LogP contribution in [0.25, 0.3) is 10.9 Å². The molecule has 1 fully saturated rings. The smallest absolute Gasteiger partial charge is 0.262 e. The van der Waals surface area contributed by atoms with Crippen LogP contribution in [0, 0.1) is 10.7 Å². The molecule has 2 N–H and O–H groups in total. The lowest BCUT2D eigenvalue weighted by Gasteiger charge is -2.33. The first-order valence-electron chi connectivity index (χ1n) is 11.3. The average molecular weight is 447 g/mol. The van der Waals surface area contributed by atoms with Crippen molar-refractivity contribution in [3.8, 4) is 0 Å². The number of nitrogens with zero attached hydrogens (tertiary/aromatic N) is 2. The van der Waals surface area contributed by atoms with Gasteiger partial charge in [0.15, 0.2) is 4.77 Å². The number of amides is 1. The SMILES string of the molecule is CC(C)CN1CCOC(CNC(=O)CCCCCn2c(=S)[nH]c3ccccc3c2=O)C1. The highest BCUT2D eigenvalue weighted by Gasteiger charge is 2.21. The van der Waals surface area contributed by atoms with Crippen molar-refractivity contribution in [2.45, 2.75) is 52.2 Å². The Morgan fingerprint density at radius 2 is 2.10 bits per heavy atom. The van der Waals surface area contributed by atoms with E-state index in [1.807, 2.05) is 24.3 Å². The molecule has 7 nitrogen and oxygen atoms in total. The Morgan fingerprint density at radius 1 is 1.29 bits per heavy atom. The van der Waals surface area contributed by atoms with Crippen molar-refractivity contribution in [1.29, 1.82) is 0 Å². The molecule has 1 aromatic heterocycles. The fourth-order valence-corrected chi connectivity index (χ4v) is 4.32. The maximum atomic E-state index is 12.6. The maximum Gasteiger partial charge on any atom is 0.262 e. The average Bonchev–Trinajstić information content (AvgIpc) is 2.74. The molecule has 8 heteroatoms. The van der Waals surface area contributed by atoms with Crippen LogP contribution in [-0.4, -0.2) is 59.2 Å². The van der Waals surface area contributed by atoms with E-state index in [-0.39, 0.29) is 17.6 Å². The highest BCUT2D eigenvalue weighted by atomic mass is 32.1. The number of aromatic amines is 1. The fourth-order valence-electron chi connectivity index (χ4n) is 4.04. The Bertz CT molecular complexity index is 985. The van der Waals surface area contributed by atoms with Crippen LogP contribution in [0.4, 0.5) is 0 Å². The summed E-state index contributed by atoms with van der Waals surface area (Å²) >= 11 is 5.34. The molecule has 1 saturated heterocycles. The normalized spacial score (nSPS) is 17.3. The van der Waals surface area contributed by atoms with Crippen LogP contribution >= 0.6 is 12.2 Å². The van der Waals surface area contributed by atoms with E-state index in [1.54, 1.807) is 4.57 Å². The summed E-state index contributed by atoms with van der Waals surface area (Å²) in [5.41, 5.74) is 0.704. The van der Waals surface area contributed by atoms with Gasteiger partial charge < -0.3 is 15.0 Å². The standard InChI is InChI=1S/C23H34N4O3S/c1-17(2)15-26-12-13-30-18(16-26)14-24-21(28)10-4-3-7-11-27-22(29)19-8-5-6-9-20(19)25-23(27)31/h5-6,8-9,17-18H,3-4,7,10-16H2,1-2H3,(H,24,28)(H,25,31). The van der Waals surface area contributed by atoms with E-state index in [1.165, 1.54) is 0 Å². The van der Waals surface area contributed by atoms with Crippen molar-refractivity contribution in [1.82, 2.24) is 19.8 Å². The molecule has 0 bridgehead atoms. The first-order chi connectivity index (χ1) is 14.9. The molecule has 0 saturated carbocycles. The van der Waals surface area contributed by atoms with Crippen molar-refractivity contribution in [2.24, 2.45) is 5.92 Å². The number of carbonyl (C=O) groups excluding carboxylic acids is 1. The van der Waals surface area contributed by atoms with Gasteiger partial charge in [-0.2, -0.15) is 0 Å². The molecule has 2 heterocycles. The highest BCUT2D eigenvalue weighted by Crippen LogP contribution is 2.09. The second-order valence-electron chi connectivity index (χ2n) is 8.69. The van der Waals surface area contributed by atoms with Crippen molar-refractivity contribution < 1.29 is 9.53 Å². The summed E-state index contributed by atoms with van der Waals surface area (Å²) < 4.78 is 7.84. The zero-order valence-electron chi connectivity index (χ0n) is 18.6. The van der Waals surface area contributed by atoms with Gasteiger partial charge in [-0.1, -0.05) is 32.4 Å². The van der Waals surface area contributed by atoms with Gasteiger partial charge in [0, 0.05) is 39.1 Å². The number of nitrogens with one attached hydrogen (secondary N) is 2. The monoisotopic (exact) mass is 446 g/mol. The van der Waals surface area contributed by atoms with Gasteiger partial charge in [-0.3, -0.25) is 19.1 Å². The van der Waals surface area contributed by atoms with Crippen LogP contribution in [-0.2, 0) is 16.1 Å². The summed E-state index contributed by atoms with van der Waals surface area (Å²) in [7, 11) is 0. The predicted molar refractivity (Wildman–Crippen MR) is 126 cm³/mol. The third kappa shape index (κ3) is 6.98. The second-order valence-corrected chi connectivity index (χ2v) is 9.08. The Kier molecular flexibility index (Phi) is 8.80. The number of hydrogen-bond acceptors (Lipinski definition) is 5. The minimum Gasteiger partial charge on any atom is -0.374 e. The van der Waals surface area contributed by atoms with Crippen LogP contribution < -0.4 is 10.9 Å². The van der Waals surface area contributed by atoms with E-state index >= 15 is 0 Å². The molecule has 1 amide bonds. The van der Waals surface area contributed by atoms with Crippen LogP contribution in [0.2, 0.25) is 0 Å². The zero-order chi connectivity index (χ0) is 22.2. The van der Waals surface area contributed by atoms with Gasteiger partial charge in [-0.05, 0) is 43.1 Å². The van der Waals surface area contributed by atoms with Crippen molar-refractivity contribution in [2.75, 3.05) is 32.8 Å². The van der Waals surface area contributed by atoms with E-state index in [4.69, 9.17) is 17.0 Å². The highest BCUT2D eigenvalue weighted by molar-refractivity contribution is 7.71. The summed E-state index contributed by atoms with van der Waals surface area (Å²) in [6.45, 7) is 9.19. The number of morpholine rings is 1. The number of fused-ring (bicyclic) bond motifs is 1. The number of H-pyrrole nitrogens is 1. The molecule has 0 aliphatic carbocycles. The van der Waals surface area contributed by atoms with E-state index in [2.05, 4.69) is 29.0 Å². The molecule has 1 atom stereocenters. The Morgan fingerprint density at radius 3 is 2.90 bits per heavy atom. The van der Waals surface area contributed by atoms with E-state index in [0.717, 1.165) is 51.0 Å². The number of benzene rings is 1. The van der Waals surface area contributed by atoms with Gasteiger partial charge >= 0.3 is 0 Å². The number of rotatable bonds is 10.